The van der Waals surface area contributed by atoms with Crippen LogP contribution in [0.5, 0.6) is 0 Å². The molecule has 0 fully saturated rings. The normalized spacial score (nSPS) is 19.7. The highest BCUT2D eigenvalue weighted by atomic mass is 127. The van der Waals surface area contributed by atoms with Gasteiger partial charge in [-0.25, -0.2) is 0 Å². The molecule has 0 aromatic rings. The van der Waals surface area contributed by atoms with Gasteiger partial charge < -0.3 is 11.5 Å². The van der Waals surface area contributed by atoms with Gasteiger partial charge in [-0.05, 0) is 26.7 Å². The van der Waals surface area contributed by atoms with E-state index in [0.29, 0.717) is 3.92 Å². The van der Waals surface area contributed by atoms with E-state index < -0.39 is 0 Å². The zero-order valence-corrected chi connectivity index (χ0v) is 10.9. The van der Waals surface area contributed by atoms with Gasteiger partial charge in [-0.15, -0.1) is 0 Å². The molecular weight excluding hydrogens is 275 g/mol. The maximum Gasteiger partial charge on any atom is 0.0222 e. The minimum absolute atomic E-state index is 0.157. The summed E-state index contributed by atoms with van der Waals surface area (Å²) in [5, 5.41) is 0. The van der Waals surface area contributed by atoms with Crippen molar-refractivity contribution in [2.75, 3.05) is 0 Å². The average molecular weight is 296 g/mol. The molecule has 0 amide bonds. The van der Waals surface area contributed by atoms with E-state index in [0.717, 1.165) is 12.8 Å². The van der Waals surface area contributed by atoms with Crippen LogP contribution in [0, 0.1) is 0 Å². The second-order valence-corrected chi connectivity index (χ2v) is 5.88. The summed E-state index contributed by atoms with van der Waals surface area (Å²) in [6.07, 6.45) is 4.18. The number of nitrogens with two attached hydrogens (primary N) is 2. The topological polar surface area (TPSA) is 52.0 Å². The number of halogens is 1. The Morgan fingerprint density at radius 1 is 1.38 bits per heavy atom. The highest BCUT2D eigenvalue weighted by Gasteiger charge is 2.05. The van der Waals surface area contributed by atoms with Gasteiger partial charge in [-0.1, -0.05) is 41.2 Å². The largest absolute Gasteiger partial charge is 0.327 e. The quantitative estimate of drug-likeness (QED) is 0.464. The Morgan fingerprint density at radius 3 is 2.31 bits per heavy atom. The average Bonchev–Trinajstić information content (AvgIpc) is 1.98. The molecule has 0 spiro atoms. The fourth-order valence-corrected chi connectivity index (χ4v) is 1.69. The van der Waals surface area contributed by atoms with Crippen LogP contribution in [0.15, 0.2) is 11.6 Å². The van der Waals surface area contributed by atoms with Crippen LogP contribution in [0.25, 0.3) is 0 Å². The molecule has 0 saturated carbocycles. The Balaban J connectivity index is 3.80. The molecule has 0 aliphatic carbocycles. The molecule has 0 heterocycles. The molecule has 0 bridgehead atoms. The van der Waals surface area contributed by atoms with Crippen molar-refractivity contribution in [3.05, 3.63) is 11.6 Å². The van der Waals surface area contributed by atoms with E-state index in [1.807, 2.05) is 6.92 Å². The van der Waals surface area contributed by atoms with Crippen LogP contribution in [0.3, 0.4) is 0 Å². The first-order valence-corrected chi connectivity index (χ1v) is 6.00. The number of rotatable bonds is 5. The molecule has 3 atom stereocenters. The lowest BCUT2D eigenvalue weighted by atomic mass is 10.1. The highest BCUT2D eigenvalue weighted by Crippen LogP contribution is 2.10. The zero-order chi connectivity index (χ0) is 10.4. The Labute approximate surface area is 95.3 Å². The summed E-state index contributed by atoms with van der Waals surface area (Å²) >= 11 is 2.40. The summed E-state index contributed by atoms with van der Waals surface area (Å²) in [4.78, 5) is 0. The minimum atomic E-state index is 0.157. The Morgan fingerprint density at radius 2 is 1.92 bits per heavy atom. The molecule has 4 N–H and O–H groups in total. The SMILES string of the molecule is C/C(=C\CC(N)C[C@@H](C)I)C(C)N. The van der Waals surface area contributed by atoms with Crippen molar-refractivity contribution in [2.45, 2.75) is 49.6 Å². The van der Waals surface area contributed by atoms with Crippen LogP contribution in [-0.4, -0.2) is 16.0 Å². The summed E-state index contributed by atoms with van der Waals surface area (Å²) in [7, 11) is 0. The number of hydrogen-bond acceptors (Lipinski definition) is 2. The van der Waals surface area contributed by atoms with Crippen LogP contribution < -0.4 is 11.5 Å². The van der Waals surface area contributed by atoms with Crippen LogP contribution >= 0.6 is 22.6 Å². The van der Waals surface area contributed by atoms with E-state index in [4.69, 9.17) is 11.5 Å². The van der Waals surface area contributed by atoms with Gasteiger partial charge in [0.05, 0.1) is 0 Å². The van der Waals surface area contributed by atoms with Gasteiger partial charge >= 0.3 is 0 Å². The molecule has 0 saturated heterocycles. The van der Waals surface area contributed by atoms with Gasteiger partial charge in [0.1, 0.15) is 0 Å². The van der Waals surface area contributed by atoms with Gasteiger partial charge in [-0.3, -0.25) is 0 Å². The van der Waals surface area contributed by atoms with Crippen LogP contribution in [-0.2, 0) is 0 Å². The van der Waals surface area contributed by atoms with Crippen LogP contribution in [0.1, 0.15) is 33.6 Å². The van der Waals surface area contributed by atoms with Gasteiger partial charge in [-0.2, -0.15) is 0 Å². The Bertz CT molecular complexity index is 164. The van der Waals surface area contributed by atoms with Crippen molar-refractivity contribution in [3.8, 4) is 0 Å². The summed E-state index contributed by atoms with van der Waals surface area (Å²) in [6.45, 7) is 6.24. The van der Waals surface area contributed by atoms with E-state index in [1.165, 1.54) is 5.57 Å². The first-order chi connectivity index (χ1) is 5.93. The van der Waals surface area contributed by atoms with E-state index in [1.54, 1.807) is 0 Å². The van der Waals surface area contributed by atoms with E-state index in [2.05, 4.69) is 42.5 Å². The van der Waals surface area contributed by atoms with Gasteiger partial charge in [0.25, 0.3) is 0 Å². The first kappa shape index (κ1) is 13.4. The van der Waals surface area contributed by atoms with Crippen molar-refractivity contribution in [1.29, 1.82) is 0 Å². The van der Waals surface area contributed by atoms with Crippen molar-refractivity contribution in [3.63, 3.8) is 0 Å². The Hall–Kier alpha value is 0.390. The lowest BCUT2D eigenvalue weighted by Gasteiger charge is -2.12. The number of alkyl halides is 1. The lowest BCUT2D eigenvalue weighted by molar-refractivity contribution is 0.624. The predicted molar refractivity (Wildman–Crippen MR) is 68.1 cm³/mol. The summed E-state index contributed by atoms with van der Waals surface area (Å²) in [5.74, 6) is 0. The maximum absolute atomic E-state index is 5.93. The maximum atomic E-state index is 5.93. The van der Waals surface area contributed by atoms with E-state index >= 15 is 0 Å². The predicted octanol–water partition coefficient (Wildman–Crippen LogP) is 2.21. The molecule has 0 rings (SSSR count). The first-order valence-electron chi connectivity index (χ1n) is 4.75. The monoisotopic (exact) mass is 296 g/mol. The molecular formula is C10H21IN2. The molecule has 0 aliphatic heterocycles. The third-order valence-corrected chi connectivity index (χ3v) is 2.60. The number of hydrogen-bond donors (Lipinski definition) is 2. The molecule has 0 radical (unpaired) electrons. The molecule has 0 aromatic carbocycles. The Kier molecular flexibility index (Phi) is 6.99. The van der Waals surface area contributed by atoms with Gasteiger partial charge in [0, 0.05) is 16.0 Å². The van der Waals surface area contributed by atoms with Crippen molar-refractivity contribution < 1.29 is 0 Å². The van der Waals surface area contributed by atoms with Crippen LogP contribution in [0.2, 0.25) is 0 Å². The third-order valence-electron chi connectivity index (χ3n) is 2.09. The van der Waals surface area contributed by atoms with Gasteiger partial charge in [0.2, 0.25) is 0 Å². The molecule has 78 valence electrons. The second kappa shape index (κ2) is 6.79. The smallest absolute Gasteiger partial charge is 0.0222 e. The van der Waals surface area contributed by atoms with Crippen LogP contribution in [0.4, 0.5) is 0 Å². The minimum Gasteiger partial charge on any atom is -0.327 e. The zero-order valence-electron chi connectivity index (χ0n) is 8.76. The molecule has 2 unspecified atom stereocenters. The standard InChI is InChI=1S/C10H21IN2/c1-7(9(3)12)4-5-10(13)6-8(2)11/h4,8-10H,5-6,12-13H2,1-3H3/b7-4+/t8-,9?,10?/m1/s1. The molecule has 3 heteroatoms. The molecule has 0 aromatic heterocycles. The molecule has 0 aliphatic rings. The second-order valence-electron chi connectivity index (χ2n) is 3.75. The summed E-state index contributed by atoms with van der Waals surface area (Å²) < 4.78 is 0.650. The van der Waals surface area contributed by atoms with Crippen molar-refractivity contribution in [2.24, 2.45) is 11.5 Å². The summed E-state index contributed by atoms with van der Waals surface area (Å²) in [6, 6.07) is 0.435. The van der Waals surface area contributed by atoms with Crippen molar-refractivity contribution >= 4 is 22.6 Å². The van der Waals surface area contributed by atoms with E-state index in [9.17, 15) is 0 Å². The van der Waals surface area contributed by atoms with E-state index in [-0.39, 0.29) is 12.1 Å². The van der Waals surface area contributed by atoms with Gasteiger partial charge in [0.15, 0.2) is 0 Å². The van der Waals surface area contributed by atoms with Crippen molar-refractivity contribution in [1.82, 2.24) is 0 Å². The summed E-state index contributed by atoms with van der Waals surface area (Å²) in [5.41, 5.74) is 12.9. The fourth-order valence-electron chi connectivity index (χ4n) is 1.04. The molecule has 2 nitrogen and oxygen atoms in total. The molecule has 13 heavy (non-hydrogen) atoms. The fraction of sp³-hybridized carbons (Fsp3) is 0.800. The lowest BCUT2D eigenvalue weighted by Crippen LogP contribution is -2.23. The highest BCUT2D eigenvalue weighted by molar-refractivity contribution is 14.1. The third kappa shape index (κ3) is 7.46.